The first kappa shape index (κ1) is 14.7. The lowest BCUT2D eigenvalue weighted by Crippen LogP contribution is -2.40. The average molecular weight is 290 g/mol. The van der Waals surface area contributed by atoms with Crippen molar-refractivity contribution in [2.75, 3.05) is 33.3 Å². The van der Waals surface area contributed by atoms with Gasteiger partial charge in [-0.25, -0.2) is 0 Å². The third-order valence-corrected chi connectivity index (χ3v) is 4.84. The number of likely N-dealkylation sites (tertiary alicyclic amines) is 2. The van der Waals surface area contributed by atoms with Gasteiger partial charge in [-0.2, -0.15) is 0 Å². The first-order valence-electron chi connectivity index (χ1n) is 8.08. The van der Waals surface area contributed by atoms with E-state index in [9.17, 15) is 5.11 Å². The van der Waals surface area contributed by atoms with Crippen LogP contribution in [0.4, 0.5) is 0 Å². The van der Waals surface area contributed by atoms with Gasteiger partial charge in [-0.05, 0) is 50.6 Å². The zero-order valence-corrected chi connectivity index (χ0v) is 12.9. The van der Waals surface area contributed by atoms with Crippen molar-refractivity contribution < 1.29 is 9.84 Å². The van der Waals surface area contributed by atoms with Crippen molar-refractivity contribution in [1.82, 2.24) is 9.80 Å². The summed E-state index contributed by atoms with van der Waals surface area (Å²) >= 11 is 0. The van der Waals surface area contributed by atoms with Crippen molar-refractivity contribution >= 4 is 0 Å². The lowest BCUT2D eigenvalue weighted by molar-refractivity contribution is 0.161. The average Bonchev–Trinajstić information content (AvgIpc) is 2.99. The number of benzene rings is 1. The molecule has 1 N–H and O–H groups in total. The minimum atomic E-state index is 0.372. The highest BCUT2D eigenvalue weighted by molar-refractivity contribution is 5.39. The van der Waals surface area contributed by atoms with Crippen LogP contribution in [0.15, 0.2) is 18.2 Å². The number of hydrogen-bond acceptors (Lipinski definition) is 4. The lowest BCUT2D eigenvalue weighted by Gasteiger charge is -2.32. The van der Waals surface area contributed by atoms with Crippen LogP contribution in [-0.2, 0) is 6.54 Å². The van der Waals surface area contributed by atoms with Crippen LogP contribution in [0.5, 0.6) is 11.5 Å². The predicted octanol–water partition coefficient (Wildman–Crippen LogP) is 2.46. The number of phenolic OH excluding ortho intramolecular Hbond substituents is 1. The molecule has 1 unspecified atom stereocenters. The molecule has 2 aliphatic rings. The van der Waals surface area contributed by atoms with Gasteiger partial charge in [0.05, 0.1) is 7.11 Å². The molecule has 0 amide bonds. The molecule has 2 aliphatic heterocycles. The molecule has 0 bridgehead atoms. The van der Waals surface area contributed by atoms with Gasteiger partial charge in [0, 0.05) is 31.2 Å². The molecule has 3 rings (SSSR count). The maximum absolute atomic E-state index is 10.0. The number of hydrogen-bond donors (Lipinski definition) is 1. The zero-order chi connectivity index (χ0) is 14.7. The summed E-state index contributed by atoms with van der Waals surface area (Å²) < 4.78 is 5.25. The number of aromatic hydroxyl groups is 1. The van der Waals surface area contributed by atoms with Gasteiger partial charge in [-0.1, -0.05) is 6.42 Å². The van der Waals surface area contributed by atoms with Crippen LogP contribution in [-0.4, -0.2) is 54.2 Å². The molecule has 0 radical (unpaired) electrons. The number of phenols is 1. The first-order valence-corrected chi connectivity index (χ1v) is 8.08. The van der Waals surface area contributed by atoms with E-state index in [4.69, 9.17) is 4.74 Å². The van der Waals surface area contributed by atoms with Gasteiger partial charge < -0.3 is 9.84 Å². The largest absolute Gasteiger partial charge is 0.508 e. The third-order valence-electron chi connectivity index (χ3n) is 4.84. The van der Waals surface area contributed by atoms with Crippen LogP contribution in [0.25, 0.3) is 0 Å². The summed E-state index contributed by atoms with van der Waals surface area (Å²) in [6, 6.07) is 6.19. The molecule has 1 aromatic carbocycles. The van der Waals surface area contributed by atoms with E-state index in [0.717, 1.165) is 30.9 Å². The van der Waals surface area contributed by atoms with Crippen LogP contribution < -0.4 is 4.74 Å². The highest BCUT2D eigenvalue weighted by atomic mass is 16.5. The Kier molecular flexibility index (Phi) is 4.66. The number of ether oxygens (including phenoxy) is 1. The molecule has 0 aromatic heterocycles. The predicted molar refractivity (Wildman–Crippen MR) is 83.8 cm³/mol. The second-order valence-corrected chi connectivity index (χ2v) is 6.27. The summed E-state index contributed by atoms with van der Waals surface area (Å²) in [5, 5.41) is 10.0. The Labute approximate surface area is 127 Å². The van der Waals surface area contributed by atoms with Crippen LogP contribution in [0.1, 0.15) is 31.2 Å². The van der Waals surface area contributed by atoms with Crippen molar-refractivity contribution in [3.05, 3.63) is 23.8 Å². The number of nitrogens with zero attached hydrogens (tertiary/aromatic N) is 2. The quantitative estimate of drug-likeness (QED) is 0.924. The van der Waals surface area contributed by atoms with Crippen LogP contribution in [0.2, 0.25) is 0 Å². The summed E-state index contributed by atoms with van der Waals surface area (Å²) in [6.45, 7) is 5.59. The highest BCUT2D eigenvalue weighted by Crippen LogP contribution is 2.27. The zero-order valence-electron chi connectivity index (χ0n) is 12.9. The molecule has 0 saturated carbocycles. The van der Waals surface area contributed by atoms with Gasteiger partial charge in [0.25, 0.3) is 0 Å². The summed E-state index contributed by atoms with van der Waals surface area (Å²) in [5.41, 5.74) is 0.966. The van der Waals surface area contributed by atoms with Crippen LogP contribution in [0.3, 0.4) is 0 Å². The molecular weight excluding hydrogens is 264 g/mol. The maximum Gasteiger partial charge on any atom is 0.120 e. The maximum atomic E-state index is 10.0. The Morgan fingerprint density at radius 1 is 1.19 bits per heavy atom. The summed E-state index contributed by atoms with van der Waals surface area (Å²) in [5.74, 6) is 1.19. The molecule has 2 fully saturated rings. The van der Waals surface area contributed by atoms with E-state index in [1.165, 1.54) is 38.8 Å². The number of piperidine rings is 1. The van der Waals surface area contributed by atoms with E-state index in [0.29, 0.717) is 11.8 Å². The summed E-state index contributed by atoms with van der Waals surface area (Å²) in [4.78, 5) is 5.11. The second kappa shape index (κ2) is 6.67. The molecule has 116 valence electrons. The Morgan fingerprint density at radius 2 is 2.00 bits per heavy atom. The summed E-state index contributed by atoms with van der Waals surface area (Å²) in [6.07, 6.45) is 5.36. The van der Waals surface area contributed by atoms with Crippen molar-refractivity contribution in [3.63, 3.8) is 0 Å². The van der Waals surface area contributed by atoms with Gasteiger partial charge in [0.1, 0.15) is 11.5 Å². The van der Waals surface area contributed by atoms with E-state index in [-0.39, 0.29) is 0 Å². The Morgan fingerprint density at radius 3 is 2.76 bits per heavy atom. The second-order valence-electron chi connectivity index (χ2n) is 6.27. The van der Waals surface area contributed by atoms with Crippen molar-refractivity contribution in [2.24, 2.45) is 0 Å². The standard InChI is InChI=1S/C17H26N2O2/c1-21-16-5-6-17(20)14(11-16)12-18-10-7-15(13-18)19-8-3-2-4-9-19/h5-6,11,15,20H,2-4,7-10,12-13H2,1H3. The molecule has 1 aromatic rings. The number of rotatable bonds is 4. The topological polar surface area (TPSA) is 35.9 Å². The lowest BCUT2D eigenvalue weighted by atomic mass is 10.1. The van der Waals surface area contributed by atoms with Crippen molar-refractivity contribution in [2.45, 2.75) is 38.3 Å². The first-order chi connectivity index (χ1) is 10.3. The molecule has 4 nitrogen and oxygen atoms in total. The Hall–Kier alpha value is -1.26. The minimum Gasteiger partial charge on any atom is -0.508 e. The monoisotopic (exact) mass is 290 g/mol. The minimum absolute atomic E-state index is 0.372. The van der Waals surface area contributed by atoms with E-state index >= 15 is 0 Å². The van der Waals surface area contributed by atoms with Gasteiger partial charge in [0.15, 0.2) is 0 Å². The Bertz CT molecular complexity index is 472. The molecule has 0 aliphatic carbocycles. The molecule has 1 atom stereocenters. The van der Waals surface area contributed by atoms with Gasteiger partial charge >= 0.3 is 0 Å². The van der Waals surface area contributed by atoms with Crippen molar-refractivity contribution in [1.29, 1.82) is 0 Å². The molecule has 4 heteroatoms. The summed E-state index contributed by atoms with van der Waals surface area (Å²) in [7, 11) is 1.67. The third kappa shape index (κ3) is 3.50. The number of methoxy groups -OCH3 is 1. The van der Waals surface area contributed by atoms with Gasteiger partial charge in [0.2, 0.25) is 0 Å². The van der Waals surface area contributed by atoms with E-state index in [1.54, 1.807) is 19.2 Å². The van der Waals surface area contributed by atoms with Gasteiger partial charge in [-0.15, -0.1) is 0 Å². The highest BCUT2D eigenvalue weighted by Gasteiger charge is 2.28. The smallest absolute Gasteiger partial charge is 0.120 e. The van der Waals surface area contributed by atoms with E-state index < -0.39 is 0 Å². The Balaban J connectivity index is 1.59. The fourth-order valence-electron chi connectivity index (χ4n) is 3.59. The van der Waals surface area contributed by atoms with Crippen LogP contribution in [0, 0.1) is 0 Å². The molecule has 2 saturated heterocycles. The van der Waals surface area contributed by atoms with E-state index in [1.807, 2.05) is 6.07 Å². The molecular formula is C17H26N2O2. The molecule has 0 spiro atoms. The molecule has 21 heavy (non-hydrogen) atoms. The normalized spacial score (nSPS) is 24.3. The van der Waals surface area contributed by atoms with Crippen LogP contribution >= 0.6 is 0 Å². The fourth-order valence-corrected chi connectivity index (χ4v) is 3.59. The fraction of sp³-hybridized carbons (Fsp3) is 0.647. The molecule has 2 heterocycles. The van der Waals surface area contributed by atoms with Gasteiger partial charge in [-0.3, -0.25) is 9.80 Å². The van der Waals surface area contributed by atoms with E-state index in [2.05, 4.69) is 9.80 Å². The van der Waals surface area contributed by atoms with Crippen molar-refractivity contribution in [3.8, 4) is 11.5 Å². The SMILES string of the molecule is COc1ccc(O)c(CN2CCC(N3CCCCC3)C2)c1.